The topological polar surface area (TPSA) is 61.4 Å². The second kappa shape index (κ2) is 7.20. The maximum atomic E-state index is 12.6. The van der Waals surface area contributed by atoms with E-state index in [9.17, 15) is 9.59 Å². The van der Waals surface area contributed by atoms with Crippen molar-refractivity contribution in [2.75, 3.05) is 23.3 Å². The fourth-order valence-electron chi connectivity index (χ4n) is 3.71. The van der Waals surface area contributed by atoms with E-state index >= 15 is 0 Å². The average molecular weight is 349 g/mol. The summed E-state index contributed by atoms with van der Waals surface area (Å²) in [4.78, 5) is 26.4. The van der Waals surface area contributed by atoms with E-state index in [1.165, 1.54) is 5.69 Å². The van der Waals surface area contributed by atoms with E-state index in [1.54, 1.807) is 6.07 Å². The number of nitrogens with one attached hydrogen (secondary N) is 2. The molecule has 2 amide bonds. The summed E-state index contributed by atoms with van der Waals surface area (Å²) in [7, 11) is 0. The number of anilines is 2. The van der Waals surface area contributed by atoms with Gasteiger partial charge in [0, 0.05) is 42.5 Å². The van der Waals surface area contributed by atoms with E-state index in [2.05, 4.69) is 39.8 Å². The van der Waals surface area contributed by atoms with Crippen molar-refractivity contribution < 1.29 is 9.59 Å². The molecule has 0 atom stereocenters. The summed E-state index contributed by atoms with van der Waals surface area (Å²) in [6, 6.07) is 16.1. The Morgan fingerprint density at radius 2 is 1.81 bits per heavy atom. The fourth-order valence-corrected chi connectivity index (χ4v) is 3.71. The molecule has 1 saturated heterocycles. The molecule has 2 aliphatic rings. The largest absolute Gasteiger partial charge is 0.371 e. The number of piperidine rings is 1. The predicted molar refractivity (Wildman–Crippen MR) is 103 cm³/mol. The quantitative estimate of drug-likeness (QED) is 0.896. The summed E-state index contributed by atoms with van der Waals surface area (Å²) >= 11 is 0. The monoisotopic (exact) mass is 349 g/mol. The fraction of sp³-hybridized carbons (Fsp3) is 0.333. The van der Waals surface area contributed by atoms with Crippen molar-refractivity contribution >= 4 is 23.2 Å². The van der Waals surface area contributed by atoms with Crippen molar-refractivity contribution in [2.45, 2.75) is 31.7 Å². The number of nitrogens with zero attached hydrogens (tertiary/aromatic N) is 1. The number of hydrogen-bond donors (Lipinski definition) is 2. The molecule has 0 spiro atoms. The van der Waals surface area contributed by atoms with Crippen LogP contribution in [0, 0.1) is 0 Å². The molecule has 0 unspecified atom stereocenters. The second-order valence-corrected chi connectivity index (χ2v) is 6.99. The van der Waals surface area contributed by atoms with Crippen molar-refractivity contribution in [1.29, 1.82) is 0 Å². The van der Waals surface area contributed by atoms with Crippen molar-refractivity contribution in [3.63, 3.8) is 0 Å². The van der Waals surface area contributed by atoms with Crippen molar-refractivity contribution in [2.24, 2.45) is 0 Å². The number of para-hydroxylation sites is 1. The van der Waals surface area contributed by atoms with E-state index in [4.69, 9.17) is 0 Å². The molecule has 0 aliphatic carbocycles. The zero-order chi connectivity index (χ0) is 17.9. The van der Waals surface area contributed by atoms with Gasteiger partial charge in [-0.1, -0.05) is 18.2 Å². The molecular formula is C21H23N3O2. The average Bonchev–Trinajstić information content (AvgIpc) is 2.69. The van der Waals surface area contributed by atoms with E-state index in [1.807, 2.05) is 18.2 Å². The highest BCUT2D eigenvalue weighted by Crippen LogP contribution is 2.24. The van der Waals surface area contributed by atoms with Crippen molar-refractivity contribution in [1.82, 2.24) is 5.32 Å². The number of aryl methyl sites for hydroxylation is 1. The van der Waals surface area contributed by atoms with Crippen molar-refractivity contribution in [3.05, 3.63) is 59.7 Å². The molecule has 1 fully saturated rings. The molecule has 26 heavy (non-hydrogen) atoms. The smallest absolute Gasteiger partial charge is 0.251 e. The van der Waals surface area contributed by atoms with Gasteiger partial charge in [-0.15, -0.1) is 0 Å². The van der Waals surface area contributed by atoms with Crippen LogP contribution < -0.4 is 15.5 Å². The Morgan fingerprint density at radius 1 is 1.04 bits per heavy atom. The van der Waals surface area contributed by atoms with Gasteiger partial charge in [0.2, 0.25) is 5.91 Å². The Labute approximate surface area is 153 Å². The van der Waals surface area contributed by atoms with Crippen molar-refractivity contribution in [3.8, 4) is 0 Å². The zero-order valence-corrected chi connectivity index (χ0v) is 14.7. The van der Waals surface area contributed by atoms with Gasteiger partial charge in [-0.05, 0) is 55.2 Å². The third-order valence-corrected chi connectivity index (χ3v) is 5.21. The Balaban J connectivity index is 1.35. The first-order valence-electron chi connectivity index (χ1n) is 9.23. The molecule has 0 radical (unpaired) electrons. The SMILES string of the molecule is O=C1CCc2cc(C(=O)NC3CCN(c4ccccc4)CC3)ccc2N1. The first-order valence-corrected chi connectivity index (χ1v) is 9.23. The normalized spacial score (nSPS) is 17.4. The van der Waals surface area contributed by atoms with E-state index < -0.39 is 0 Å². The third-order valence-electron chi connectivity index (χ3n) is 5.21. The molecule has 0 bridgehead atoms. The number of rotatable bonds is 3. The van der Waals surface area contributed by atoms with Gasteiger partial charge in [0.15, 0.2) is 0 Å². The number of amides is 2. The molecule has 2 N–H and O–H groups in total. The van der Waals surface area contributed by atoms with Crippen LogP contribution in [0.15, 0.2) is 48.5 Å². The van der Waals surface area contributed by atoms with Crippen LogP contribution in [0.5, 0.6) is 0 Å². The van der Waals surface area contributed by atoms with Crippen LogP contribution in [0.1, 0.15) is 35.2 Å². The van der Waals surface area contributed by atoms with Gasteiger partial charge in [0.05, 0.1) is 0 Å². The highest BCUT2D eigenvalue weighted by atomic mass is 16.2. The minimum Gasteiger partial charge on any atom is -0.371 e. The molecular weight excluding hydrogens is 326 g/mol. The highest BCUT2D eigenvalue weighted by Gasteiger charge is 2.22. The molecule has 134 valence electrons. The summed E-state index contributed by atoms with van der Waals surface area (Å²) < 4.78 is 0. The van der Waals surface area contributed by atoms with Crippen LogP contribution >= 0.6 is 0 Å². The van der Waals surface area contributed by atoms with Crippen LogP contribution in [-0.4, -0.2) is 30.9 Å². The molecule has 5 heteroatoms. The minimum atomic E-state index is -0.0251. The summed E-state index contributed by atoms with van der Waals surface area (Å²) in [6.45, 7) is 1.90. The first kappa shape index (κ1) is 16.6. The summed E-state index contributed by atoms with van der Waals surface area (Å²) in [5.74, 6) is 0.0164. The van der Waals surface area contributed by atoms with E-state index in [-0.39, 0.29) is 17.9 Å². The van der Waals surface area contributed by atoms with Gasteiger partial charge in [-0.25, -0.2) is 0 Å². The number of fused-ring (bicyclic) bond motifs is 1. The summed E-state index contributed by atoms with van der Waals surface area (Å²) in [5, 5.41) is 6.02. The number of hydrogen-bond acceptors (Lipinski definition) is 3. The molecule has 2 aromatic carbocycles. The molecule has 0 aromatic heterocycles. The second-order valence-electron chi connectivity index (χ2n) is 6.99. The standard InChI is InChI=1S/C21H23N3O2/c25-20-9-7-15-14-16(6-8-19(15)23-20)21(26)22-17-10-12-24(13-11-17)18-4-2-1-3-5-18/h1-6,8,14,17H,7,9-13H2,(H,22,26)(H,23,25). The number of carbonyl (C=O) groups excluding carboxylic acids is 2. The van der Waals surface area contributed by atoms with E-state index in [0.29, 0.717) is 18.4 Å². The molecule has 0 saturated carbocycles. The van der Waals surface area contributed by atoms with Gasteiger partial charge in [0.1, 0.15) is 0 Å². The van der Waals surface area contributed by atoms with Gasteiger partial charge < -0.3 is 15.5 Å². The maximum absolute atomic E-state index is 12.6. The van der Waals surface area contributed by atoms with Gasteiger partial charge in [-0.3, -0.25) is 9.59 Å². The van der Waals surface area contributed by atoms with Crippen LogP contribution in [0.3, 0.4) is 0 Å². The minimum absolute atomic E-state index is 0.0251. The summed E-state index contributed by atoms with van der Waals surface area (Å²) in [5.41, 5.74) is 3.78. The molecule has 2 aliphatic heterocycles. The first-order chi connectivity index (χ1) is 12.7. The molecule has 5 nitrogen and oxygen atoms in total. The van der Waals surface area contributed by atoms with E-state index in [0.717, 1.165) is 37.2 Å². The molecule has 2 heterocycles. The summed E-state index contributed by atoms with van der Waals surface area (Å²) in [6.07, 6.45) is 3.07. The molecule has 4 rings (SSSR count). The van der Waals surface area contributed by atoms with Crippen LogP contribution in [0.2, 0.25) is 0 Å². The molecule has 2 aromatic rings. The Bertz CT molecular complexity index is 811. The Morgan fingerprint density at radius 3 is 2.58 bits per heavy atom. The van der Waals surface area contributed by atoms with Crippen LogP contribution in [0.4, 0.5) is 11.4 Å². The lowest BCUT2D eigenvalue weighted by atomic mass is 9.99. The van der Waals surface area contributed by atoms with Gasteiger partial charge >= 0.3 is 0 Å². The zero-order valence-electron chi connectivity index (χ0n) is 14.7. The van der Waals surface area contributed by atoms with Crippen LogP contribution in [0.25, 0.3) is 0 Å². The predicted octanol–water partition coefficient (Wildman–Crippen LogP) is 2.97. The lowest BCUT2D eigenvalue weighted by Crippen LogP contribution is -2.44. The lowest BCUT2D eigenvalue weighted by molar-refractivity contribution is -0.116. The highest BCUT2D eigenvalue weighted by molar-refractivity contribution is 5.98. The van der Waals surface area contributed by atoms with Crippen LogP contribution in [-0.2, 0) is 11.2 Å². The third kappa shape index (κ3) is 3.57. The lowest BCUT2D eigenvalue weighted by Gasteiger charge is -2.34. The van der Waals surface area contributed by atoms with Gasteiger partial charge in [0.25, 0.3) is 5.91 Å². The van der Waals surface area contributed by atoms with Gasteiger partial charge in [-0.2, -0.15) is 0 Å². The Kier molecular flexibility index (Phi) is 4.61. The Hall–Kier alpha value is -2.82. The number of carbonyl (C=O) groups is 2. The maximum Gasteiger partial charge on any atom is 0.251 e. The number of benzene rings is 2.